The predicted octanol–water partition coefficient (Wildman–Crippen LogP) is 6.18. The molecule has 4 heteroatoms. The largest absolute Gasteiger partial charge is 0.240 e. The van der Waals surface area contributed by atoms with Crippen LogP contribution in [0.15, 0.2) is 23.1 Å². The Hall–Kier alpha value is -0.870. The van der Waals surface area contributed by atoms with Crippen LogP contribution in [-0.4, -0.2) is 15.5 Å². The Morgan fingerprint density at radius 1 is 0.885 bits per heavy atom. The molecule has 1 atom stereocenters. The lowest BCUT2D eigenvalue weighted by Crippen LogP contribution is -2.21. The van der Waals surface area contributed by atoms with Gasteiger partial charge in [0.2, 0.25) is 10.0 Å². The third-order valence-corrected chi connectivity index (χ3v) is 6.83. The highest BCUT2D eigenvalue weighted by atomic mass is 32.2. The number of hydrogen-bond acceptors (Lipinski definition) is 2. The third-order valence-electron chi connectivity index (χ3n) is 5.33. The van der Waals surface area contributed by atoms with Gasteiger partial charge in [0.1, 0.15) is 0 Å². The molecule has 0 heterocycles. The maximum Gasteiger partial charge on any atom is 0.240 e. The molecule has 1 rings (SSSR count). The van der Waals surface area contributed by atoms with Crippen molar-refractivity contribution in [2.45, 2.75) is 102 Å². The van der Waals surface area contributed by atoms with E-state index in [1.807, 2.05) is 6.07 Å². The SMILES string of the molecule is CCCCCCCC(CCCCC)c1cccc(S(=O)(=O)NC)c1CC. The van der Waals surface area contributed by atoms with Gasteiger partial charge in [0.05, 0.1) is 4.90 Å². The fraction of sp³-hybridized carbons (Fsp3) is 0.727. The van der Waals surface area contributed by atoms with Crippen LogP contribution < -0.4 is 4.72 Å². The molecular weight excluding hydrogens is 342 g/mol. The Morgan fingerprint density at radius 3 is 2.04 bits per heavy atom. The molecule has 0 amide bonds. The van der Waals surface area contributed by atoms with E-state index in [0.717, 1.165) is 18.4 Å². The molecule has 0 aliphatic rings. The number of rotatable bonds is 14. The number of sulfonamides is 1. The summed E-state index contributed by atoms with van der Waals surface area (Å²) in [5.41, 5.74) is 2.27. The average molecular weight is 382 g/mol. The van der Waals surface area contributed by atoms with Crippen molar-refractivity contribution in [1.82, 2.24) is 4.72 Å². The Labute approximate surface area is 162 Å². The first-order chi connectivity index (χ1) is 12.5. The zero-order valence-electron chi connectivity index (χ0n) is 17.3. The van der Waals surface area contributed by atoms with Crippen molar-refractivity contribution in [2.24, 2.45) is 0 Å². The topological polar surface area (TPSA) is 46.2 Å². The molecular formula is C22H39NO2S. The molecule has 0 fully saturated rings. The van der Waals surface area contributed by atoms with Gasteiger partial charge in [0.15, 0.2) is 0 Å². The van der Waals surface area contributed by atoms with E-state index in [9.17, 15) is 8.42 Å². The van der Waals surface area contributed by atoms with Crippen molar-refractivity contribution in [1.29, 1.82) is 0 Å². The number of benzene rings is 1. The first-order valence-electron chi connectivity index (χ1n) is 10.6. The average Bonchev–Trinajstić information content (AvgIpc) is 2.65. The maximum absolute atomic E-state index is 12.4. The minimum atomic E-state index is -3.40. The fourth-order valence-corrected chi connectivity index (χ4v) is 4.86. The van der Waals surface area contributed by atoms with E-state index in [4.69, 9.17) is 0 Å². The van der Waals surface area contributed by atoms with Crippen LogP contribution in [0.1, 0.15) is 102 Å². The van der Waals surface area contributed by atoms with Crippen LogP contribution in [0.3, 0.4) is 0 Å². The van der Waals surface area contributed by atoms with Crippen LogP contribution in [0, 0.1) is 0 Å². The number of hydrogen-bond donors (Lipinski definition) is 1. The molecule has 0 spiro atoms. The first kappa shape index (κ1) is 23.2. The summed E-state index contributed by atoms with van der Waals surface area (Å²) in [6.45, 7) is 6.55. The predicted molar refractivity (Wildman–Crippen MR) is 112 cm³/mol. The van der Waals surface area contributed by atoms with Gasteiger partial charge < -0.3 is 0 Å². The smallest absolute Gasteiger partial charge is 0.214 e. The lowest BCUT2D eigenvalue weighted by molar-refractivity contribution is 0.494. The second-order valence-corrected chi connectivity index (χ2v) is 9.14. The summed E-state index contributed by atoms with van der Waals surface area (Å²) >= 11 is 0. The van der Waals surface area contributed by atoms with E-state index < -0.39 is 10.0 Å². The quantitative estimate of drug-likeness (QED) is 0.391. The fourth-order valence-electron chi connectivity index (χ4n) is 3.80. The Bertz CT molecular complexity index is 611. The van der Waals surface area contributed by atoms with Crippen LogP contribution >= 0.6 is 0 Å². The van der Waals surface area contributed by atoms with E-state index in [0.29, 0.717) is 10.8 Å². The van der Waals surface area contributed by atoms with Crippen LogP contribution in [0.25, 0.3) is 0 Å². The van der Waals surface area contributed by atoms with E-state index in [1.54, 1.807) is 6.07 Å². The van der Waals surface area contributed by atoms with Gasteiger partial charge >= 0.3 is 0 Å². The molecule has 1 unspecified atom stereocenters. The van der Waals surface area contributed by atoms with Crippen molar-refractivity contribution in [3.8, 4) is 0 Å². The monoisotopic (exact) mass is 381 g/mol. The Balaban J connectivity index is 3.05. The molecule has 0 radical (unpaired) electrons. The minimum Gasteiger partial charge on any atom is -0.214 e. The summed E-state index contributed by atoms with van der Waals surface area (Å²) in [7, 11) is -1.91. The molecule has 1 aromatic carbocycles. The van der Waals surface area contributed by atoms with Gasteiger partial charge in [-0.05, 0) is 49.4 Å². The molecule has 0 saturated heterocycles. The number of unbranched alkanes of at least 4 members (excludes halogenated alkanes) is 6. The number of nitrogens with one attached hydrogen (secondary N) is 1. The van der Waals surface area contributed by atoms with Gasteiger partial charge in [-0.25, -0.2) is 13.1 Å². The summed E-state index contributed by atoms with van der Waals surface area (Å²) in [5, 5.41) is 0. The van der Waals surface area contributed by atoms with E-state index in [1.165, 1.54) is 70.4 Å². The molecule has 0 aliphatic carbocycles. The van der Waals surface area contributed by atoms with E-state index in [2.05, 4.69) is 31.6 Å². The van der Waals surface area contributed by atoms with Gasteiger partial charge in [0, 0.05) is 0 Å². The van der Waals surface area contributed by atoms with Gasteiger partial charge in [-0.1, -0.05) is 84.3 Å². The molecule has 0 aromatic heterocycles. The molecule has 1 aromatic rings. The maximum atomic E-state index is 12.4. The Morgan fingerprint density at radius 2 is 1.46 bits per heavy atom. The summed E-state index contributed by atoms with van der Waals surface area (Å²) in [6.07, 6.45) is 13.2. The lowest BCUT2D eigenvalue weighted by Gasteiger charge is -2.22. The van der Waals surface area contributed by atoms with Crippen LogP contribution in [0.5, 0.6) is 0 Å². The zero-order chi connectivity index (χ0) is 19.4. The first-order valence-corrected chi connectivity index (χ1v) is 12.0. The van der Waals surface area contributed by atoms with E-state index >= 15 is 0 Å². The summed E-state index contributed by atoms with van der Waals surface area (Å²) in [5.74, 6) is 0.477. The third kappa shape index (κ3) is 7.03. The van der Waals surface area contributed by atoms with Gasteiger partial charge in [-0.3, -0.25) is 0 Å². The van der Waals surface area contributed by atoms with Crippen LogP contribution in [-0.2, 0) is 16.4 Å². The molecule has 3 nitrogen and oxygen atoms in total. The highest BCUT2D eigenvalue weighted by molar-refractivity contribution is 7.89. The van der Waals surface area contributed by atoms with Crippen molar-refractivity contribution < 1.29 is 8.42 Å². The normalized spacial score (nSPS) is 13.1. The van der Waals surface area contributed by atoms with Crippen LogP contribution in [0.2, 0.25) is 0 Å². The molecule has 1 N–H and O–H groups in total. The molecule has 26 heavy (non-hydrogen) atoms. The van der Waals surface area contributed by atoms with Gasteiger partial charge in [0.25, 0.3) is 0 Å². The summed E-state index contributed by atoms with van der Waals surface area (Å²) in [4.78, 5) is 0.464. The second-order valence-electron chi connectivity index (χ2n) is 7.28. The minimum absolute atomic E-state index is 0.464. The molecule has 0 saturated carbocycles. The van der Waals surface area contributed by atoms with Crippen molar-refractivity contribution in [2.75, 3.05) is 7.05 Å². The lowest BCUT2D eigenvalue weighted by atomic mass is 9.85. The van der Waals surface area contributed by atoms with Gasteiger partial charge in [-0.2, -0.15) is 0 Å². The highest BCUT2D eigenvalue weighted by Crippen LogP contribution is 2.33. The van der Waals surface area contributed by atoms with E-state index in [-0.39, 0.29) is 0 Å². The van der Waals surface area contributed by atoms with Crippen LogP contribution in [0.4, 0.5) is 0 Å². The zero-order valence-corrected chi connectivity index (χ0v) is 18.1. The molecule has 0 aliphatic heterocycles. The standard InChI is InChI=1S/C22H39NO2S/c1-5-8-10-11-13-16-19(15-12-9-6-2)21-17-14-18-22(20(21)7-3)26(24,25)23-4/h14,17-19,23H,5-13,15-16H2,1-4H3. The molecule has 150 valence electrons. The summed E-state index contributed by atoms with van der Waals surface area (Å²) < 4.78 is 27.4. The Kier molecular flexibility index (Phi) is 11.1. The van der Waals surface area contributed by atoms with Crippen molar-refractivity contribution in [3.05, 3.63) is 29.3 Å². The molecule has 0 bridgehead atoms. The highest BCUT2D eigenvalue weighted by Gasteiger charge is 2.22. The second kappa shape index (κ2) is 12.5. The van der Waals surface area contributed by atoms with Crippen molar-refractivity contribution in [3.63, 3.8) is 0 Å². The van der Waals surface area contributed by atoms with Crippen molar-refractivity contribution >= 4 is 10.0 Å². The summed E-state index contributed by atoms with van der Waals surface area (Å²) in [6, 6.07) is 5.83. The van der Waals surface area contributed by atoms with Gasteiger partial charge in [-0.15, -0.1) is 0 Å².